The van der Waals surface area contributed by atoms with Crippen LogP contribution >= 0.6 is 0 Å². The molecule has 2 fully saturated rings. The number of hydrogen-bond acceptors (Lipinski definition) is 3. The standard InChI is InChI=1S/C14H21N3O/c1-17-13-4-2-3-11(10(13)8-15-17)16-12-7-9-5-6-14(12)18-9/h8-9,11-12,14,16H,2-7H2,1H3. The highest BCUT2D eigenvalue weighted by Gasteiger charge is 2.41. The van der Waals surface area contributed by atoms with E-state index in [1.54, 1.807) is 0 Å². The lowest BCUT2D eigenvalue weighted by molar-refractivity contribution is 0.0956. The van der Waals surface area contributed by atoms with Crippen molar-refractivity contribution in [3.63, 3.8) is 0 Å². The van der Waals surface area contributed by atoms with Gasteiger partial charge in [-0.1, -0.05) is 0 Å². The summed E-state index contributed by atoms with van der Waals surface area (Å²) in [5.74, 6) is 0. The minimum absolute atomic E-state index is 0.469. The second kappa shape index (κ2) is 4.07. The minimum Gasteiger partial charge on any atom is -0.373 e. The molecule has 1 N–H and O–H groups in total. The van der Waals surface area contributed by atoms with Crippen molar-refractivity contribution in [3.8, 4) is 0 Å². The van der Waals surface area contributed by atoms with Gasteiger partial charge in [-0.25, -0.2) is 0 Å². The Morgan fingerprint density at radius 1 is 1.39 bits per heavy atom. The zero-order valence-corrected chi connectivity index (χ0v) is 10.9. The van der Waals surface area contributed by atoms with Crippen molar-refractivity contribution >= 4 is 0 Å². The average Bonchev–Trinajstić information content (AvgIpc) is 3.06. The molecule has 1 aliphatic carbocycles. The van der Waals surface area contributed by atoms with E-state index in [-0.39, 0.29) is 0 Å². The fourth-order valence-corrected chi connectivity index (χ4v) is 3.95. The van der Waals surface area contributed by atoms with Gasteiger partial charge in [-0.15, -0.1) is 0 Å². The van der Waals surface area contributed by atoms with Crippen LogP contribution in [0.3, 0.4) is 0 Å². The molecule has 4 nitrogen and oxygen atoms in total. The summed E-state index contributed by atoms with van der Waals surface area (Å²) in [6.45, 7) is 0. The maximum atomic E-state index is 5.94. The molecule has 4 unspecified atom stereocenters. The fraction of sp³-hybridized carbons (Fsp3) is 0.786. The Morgan fingerprint density at radius 2 is 2.33 bits per heavy atom. The molecule has 2 saturated heterocycles. The number of aromatic nitrogens is 2. The highest BCUT2D eigenvalue weighted by molar-refractivity contribution is 5.25. The van der Waals surface area contributed by atoms with Gasteiger partial charge in [0.1, 0.15) is 0 Å². The van der Waals surface area contributed by atoms with E-state index < -0.39 is 0 Å². The number of rotatable bonds is 2. The van der Waals surface area contributed by atoms with E-state index in [9.17, 15) is 0 Å². The van der Waals surface area contributed by atoms with E-state index in [0.29, 0.717) is 24.3 Å². The van der Waals surface area contributed by atoms with Crippen LogP contribution in [0.4, 0.5) is 0 Å². The van der Waals surface area contributed by atoms with E-state index in [1.165, 1.54) is 49.8 Å². The van der Waals surface area contributed by atoms with Crippen LogP contribution < -0.4 is 5.32 Å². The summed E-state index contributed by atoms with van der Waals surface area (Å²) < 4.78 is 7.98. The van der Waals surface area contributed by atoms with Gasteiger partial charge in [0.05, 0.1) is 18.4 Å². The Balaban J connectivity index is 1.53. The molecule has 2 bridgehead atoms. The number of ether oxygens (including phenoxy) is 1. The summed E-state index contributed by atoms with van der Waals surface area (Å²) in [6, 6.07) is 1.07. The highest BCUT2D eigenvalue weighted by atomic mass is 16.5. The smallest absolute Gasteiger partial charge is 0.0733 e. The molecule has 2 aliphatic heterocycles. The minimum atomic E-state index is 0.469. The van der Waals surface area contributed by atoms with E-state index in [2.05, 4.69) is 23.7 Å². The zero-order valence-electron chi connectivity index (χ0n) is 10.9. The quantitative estimate of drug-likeness (QED) is 0.864. The summed E-state index contributed by atoms with van der Waals surface area (Å²) in [7, 11) is 2.06. The predicted molar refractivity (Wildman–Crippen MR) is 68.3 cm³/mol. The highest BCUT2D eigenvalue weighted by Crippen LogP contribution is 2.37. The molecule has 4 heteroatoms. The lowest BCUT2D eigenvalue weighted by Crippen LogP contribution is -2.40. The normalized spacial score (nSPS) is 38.1. The van der Waals surface area contributed by atoms with Crippen molar-refractivity contribution in [1.29, 1.82) is 0 Å². The lowest BCUT2D eigenvalue weighted by atomic mass is 9.89. The number of hydrogen-bond donors (Lipinski definition) is 1. The van der Waals surface area contributed by atoms with Gasteiger partial charge in [0.2, 0.25) is 0 Å². The first kappa shape index (κ1) is 11.0. The van der Waals surface area contributed by atoms with Gasteiger partial charge < -0.3 is 10.1 Å². The van der Waals surface area contributed by atoms with Crippen LogP contribution in [0, 0.1) is 0 Å². The molecular formula is C14H21N3O. The van der Waals surface area contributed by atoms with Gasteiger partial charge >= 0.3 is 0 Å². The molecule has 0 radical (unpaired) electrons. The number of fused-ring (bicyclic) bond motifs is 3. The van der Waals surface area contributed by atoms with Gasteiger partial charge in [-0.2, -0.15) is 5.10 Å². The number of nitrogens with zero attached hydrogens (tertiary/aromatic N) is 2. The maximum absolute atomic E-state index is 5.94. The Kier molecular flexibility index (Phi) is 2.49. The molecule has 0 spiro atoms. The van der Waals surface area contributed by atoms with Gasteiger partial charge in [0, 0.05) is 30.4 Å². The topological polar surface area (TPSA) is 39.1 Å². The summed E-state index contributed by atoms with van der Waals surface area (Å²) in [5, 5.41) is 8.26. The van der Waals surface area contributed by atoms with E-state index in [4.69, 9.17) is 4.74 Å². The van der Waals surface area contributed by atoms with Gasteiger partial charge in [0.25, 0.3) is 0 Å². The molecule has 1 aromatic rings. The molecule has 3 aliphatic rings. The molecule has 4 rings (SSSR count). The van der Waals surface area contributed by atoms with Gasteiger partial charge in [-0.3, -0.25) is 4.68 Å². The Bertz CT molecular complexity index is 456. The monoisotopic (exact) mass is 247 g/mol. The SMILES string of the molecule is Cn1ncc2c1CCCC2NC1CC2CCC1O2. The van der Waals surface area contributed by atoms with Crippen molar-refractivity contribution in [2.24, 2.45) is 7.05 Å². The molecule has 18 heavy (non-hydrogen) atoms. The van der Waals surface area contributed by atoms with Crippen molar-refractivity contribution < 1.29 is 4.74 Å². The molecule has 4 atom stereocenters. The number of nitrogens with one attached hydrogen (secondary N) is 1. The first-order valence-electron chi connectivity index (χ1n) is 7.23. The van der Waals surface area contributed by atoms with Gasteiger partial charge in [0.15, 0.2) is 0 Å². The summed E-state index contributed by atoms with van der Waals surface area (Å²) in [6.07, 6.45) is 10.5. The van der Waals surface area contributed by atoms with Crippen molar-refractivity contribution in [2.45, 2.75) is 62.8 Å². The summed E-state index contributed by atoms with van der Waals surface area (Å²) in [5.41, 5.74) is 2.84. The Labute approximate surface area is 108 Å². The molecule has 1 aromatic heterocycles. The molecule has 3 heterocycles. The summed E-state index contributed by atoms with van der Waals surface area (Å²) in [4.78, 5) is 0. The van der Waals surface area contributed by atoms with E-state index in [1.807, 2.05) is 4.68 Å². The molecular weight excluding hydrogens is 226 g/mol. The van der Waals surface area contributed by atoms with Crippen LogP contribution in [-0.2, 0) is 18.2 Å². The van der Waals surface area contributed by atoms with Crippen LogP contribution in [-0.4, -0.2) is 28.0 Å². The second-order valence-corrected chi connectivity index (χ2v) is 6.00. The maximum Gasteiger partial charge on any atom is 0.0733 e. The Morgan fingerprint density at radius 3 is 3.11 bits per heavy atom. The molecule has 0 amide bonds. The predicted octanol–water partition coefficient (Wildman–Crippen LogP) is 1.71. The van der Waals surface area contributed by atoms with E-state index >= 15 is 0 Å². The average molecular weight is 247 g/mol. The van der Waals surface area contributed by atoms with Crippen LogP contribution in [0.25, 0.3) is 0 Å². The van der Waals surface area contributed by atoms with Crippen molar-refractivity contribution in [1.82, 2.24) is 15.1 Å². The summed E-state index contributed by atoms with van der Waals surface area (Å²) >= 11 is 0. The first-order valence-corrected chi connectivity index (χ1v) is 7.23. The lowest BCUT2D eigenvalue weighted by Gasteiger charge is -2.29. The second-order valence-electron chi connectivity index (χ2n) is 6.00. The van der Waals surface area contributed by atoms with Crippen LogP contribution in [0.1, 0.15) is 49.4 Å². The molecule has 0 saturated carbocycles. The van der Waals surface area contributed by atoms with Crippen molar-refractivity contribution in [2.75, 3.05) is 0 Å². The van der Waals surface area contributed by atoms with Gasteiger partial charge in [-0.05, 0) is 38.5 Å². The zero-order chi connectivity index (χ0) is 12.1. The first-order chi connectivity index (χ1) is 8.81. The van der Waals surface area contributed by atoms with Crippen LogP contribution in [0.2, 0.25) is 0 Å². The largest absolute Gasteiger partial charge is 0.373 e. The fourth-order valence-electron chi connectivity index (χ4n) is 3.95. The van der Waals surface area contributed by atoms with Crippen LogP contribution in [0.15, 0.2) is 6.20 Å². The van der Waals surface area contributed by atoms with Crippen LogP contribution in [0.5, 0.6) is 0 Å². The molecule has 98 valence electrons. The molecule has 0 aromatic carbocycles. The third-order valence-electron chi connectivity index (χ3n) is 4.90. The van der Waals surface area contributed by atoms with E-state index in [0.717, 1.165) is 0 Å². The third-order valence-corrected chi connectivity index (χ3v) is 4.90. The third kappa shape index (κ3) is 1.62. The Hall–Kier alpha value is -0.870. The van der Waals surface area contributed by atoms with Crippen molar-refractivity contribution in [3.05, 3.63) is 17.5 Å². The number of aryl methyl sites for hydroxylation is 1.